The number of benzene rings is 2. The van der Waals surface area contributed by atoms with Gasteiger partial charge in [0, 0.05) is 40.2 Å². The smallest absolute Gasteiger partial charge is 0.0465 e. The number of fused-ring (bicyclic) bond motifs is 1. The molecule has 1 aromatic heterocycles. The van der Waals surface area contributed by atoms with Gasteiger partial charge in [-0.25, -0.2) is 0 Å². The van der Waals surface area contributed by atoms with Crippen LogP contribution in [0.5, 0.6) is 0 Å². The number of rotatable bonds is 2. The quantitative estimate of drug-likeness (QED) is 0.668. The third-order valence-electron chi connectivity index (χ3n) is 2.87. The van der Waals surface area contributed by atoms with Crippen molar-refractivity contribution in [2.45, 2.75) is 0 Å². The molecule has 0 aliphatic carbocycles. The van der Waals surface area contributed by atoms with Crippen LogP contribution in [0.3, 0.4) is 0 Å². The number of nitrogens with two attached hydrogens (primary N) is 1. The summed E-state index contributed by atoms with van der Waals surface area (Å²) in [5, 5.41) is 5.67. The SMILES string of the molecule is Nc1ccc(Nc2cccc3cnccc23)cc1. The van der Waals surface area contributed by atoms with Gasteiger partial charge in [-0.2, -0.15) is 0 Å². The first-order valence-corrected chi connectivity index (χ1v) is 5.78. The molecule has 18 heavy (non-hydrogen) atoms. The molecule has 0 bridgehead atoms. The van der Waals surface area contributed by atoms with Gasteiger partial charge in [-0.05, 0) is 36.4 Å². The predicted octanol–water partition coefficient (Wildman–Crippen LogP) is 3.56. The molecular weight excluding hydrogens is 222 g/mol. The van der Waals surface area contributed by atoms with Gasteiger partial charge < -0.3 is 11.1 Å². The maximum Gasteiger partial charge on any atom is 0.0465 e. The highest BCUT2D eigenvalue weighted by Gasteiger charge is 2.00. The molecular formula is C15H13N3. The summed E-state index contributed by atoms with van der Waals surface area (Å²) in [6.07, 6.45) is 3.67. The van der Waals surface area contributed by atoms with Gasteiger partial charge in [-0.3, -0.25) is 4.98 Å². The molecule has 3 heteroatoms. The van der Waals surface area contributed by atoms with E-state index in [0.717, 1.165) is 27.8 Å². The molecule has 88 valence electrons. The van der Waals surface area contributed by atoms with E-state index < -0.39 is 0 Å². The van der Waals surface area contributed by atoms with Crippen molar-refractivity contribution >= 4 is 27.8 Å². The number of anilines is 3. The van der Waals surface area contributed by atoms with Crippen molar-refractivity contribution in [3.8, 4) is 0 Å². The Kier molecular flexibility index (Phi) is 2.57. The molecule has 3 aromatic rings. The van der Waals surface area contributed by atoms with E-state index in [1.807, 2.05) is 42.6 Å². The Bertz CT molecular complexity index is 669. The summed E-state index contributed by atoms with van der Waals surface area (Å²) in [5.41, 5.74) is 8.53. The van der Waals surface area contributed by atoms with E-state index in [2.05, 4.69) is 22.4 Å². The third-order valence-corrected chi connectivity index (χ3v) is 2.87. The minimum absolute atomic E-state index is 0.766. The Morgan fingerprint density at radius 3 is 2.61 bits per heavy atom. The van der Waals surface area contributed by atoms with Gasteiger partial charge in [-0.15, -0.1) is 0 Å². The molecule has 0 aliphatic rings. The number of nitrogens with zero attached hydrogens (tertiary/aromatic N) is 1. The number of hydrogen-bond donors (Lipinski definition) is 2. The van der Waals surface area contributed by atoms with Crippen molar-refractivity contribution in [3.05, 3.63) is 60.9 Å². The van der Waals surface area contributed by atoms with Crippen LogP contribution in [0.1, 0.15) is 0 Å². The second-order valence-electron chi connectivity index (χ2n) is 4.15. The van der Waals surface area contributed by atoms with Gasteiger partial charge >= 0.3 is 0 Å². The van der Waals surface area contributed by atoms with Crippen LogP contribution in [-0.2, 0) is 0 Å². The van der Waals surface area contributed by atoms with Crippen LogP contribution in [-0.4, -0.2) is 4.98 Å². The largest absolute Gasteiger partial charge is 0.399 e. The molecule has 0 radical (unpaired) electrons. The zero-order valence-corrected chi connectivity index (χ0v) is 9.80. The highest BCUT2D eigenvalue weighted by Crippen LogP contribution is 2.25. The Morgan fingerprint density at radius 2 is 1.78 bits per heavy atom. The zero-order valence-electron chi connectivity index (χ0n) is 9.80. The average molecular weight is 235 g/mol. The Labute approximate surface area is 105 Å². The molecule has 0 aliphatic heterocycles. The van der Waals surface area contributed by atoms with Crippen LogP contribution in [0.15, 0.2) is 60.9 Å². The monoisotopic (exact) mass is 235 g/mol. The fourth-order valence-electron chi connectivity index (χ4n) is 1.95. The van der Waals surface area contributed by atoms with Crippen LogP contribution in [0.2, 0.25) is 0 Å². The fourth-order valence-corrected chi connectivity index (χ4v) is 1.95. The third kappa shape index (κ3) is 1.98. The van der Waals surface area contributed by atoms with Gasteiger partial charge in [0.15, 0.2) is 0 Å². The van der Waals surface area contributed by atoms with Crippen LogP contribution < -0.4 is 11.1 Å². The lowest BCUT2D eigenvalue weighted by atomic mass is 10.1. The van der Waals surface area contributed by atoms with E-state index in [1.54, 1.807) is 6.20 Å². The molecule has 0 spiro atoms. The van der Waals surface area contributed by atoms with Crippen molar-refractivity contribution in [1.29, 1.82) is 0 Å². The van der Waals surface area contributed by atoms with Crippen molar-refractivity contribution in [1.82, 2.24) is 4.98 Å². The number of pyridine rings is 1. The fraction of sp³-hybridized carbons (Fsp3) is 0. The minimum atomic E-state index is 0.766. The molecule has 0 saturated heterocycles. The second kappa shape index (κ2) is 4.37. The molecule has 2 aromatic carbocycles. The van der Waals surface area contributed by atoms with E-state index >= 15 is 0 Å². The molecule has 3 rings (SSSR count). The zero-order chi connectivity index (χ0) is 12.4. The lowest BCUT2D eigenvalue weighted by Crippen LogP contribution is -1.92. The normalized spacial score (nSPS) is 10.4. The highest BCUT2D eigenvalue weighted by molar-refractivity contribution is 5.94. The van der Waals surface area contributed by atoms with E-state index in [0.29, 0.717) is 0 Å². The topological polar surface area (TPSA) is 50.9 Å². The first-order chi connectivity index (χ1) is 8.83. The van der Waals surface area contributed by atoms with Crippen LogP contribution in [0.25, 0.3) is 10.8 Å². The molecule has 0 unspecified atom stereocenters. The van der Waals surface area contributed by atoms with Gasteiger partial charge in [0.2, 0.25) is 0 Å². The number of hydrogen-bond acceptors (Lipinski definition) is 3. The van der Waals surface area contributed by atoms with Crippen molar-refractivity contribution in [3.63, 3.8) is 0 Å². The van der Waals surface area contributed by atoms with Crippen LogP contribution in [0, 0.1) is 0 Å². The molecule has 1 heterocycles. The maximum absolute atomic E-state index is 5.67. The summed E-state index contributed by atoms with van der Waals surface area (Å²) < 4.78 is 0. The van der Waals surface area contributed by atoms with Crippen LogP contribution >= 0.6 is 0 Å². The first-order valence-electron chi connectivity index (χ1n) is 5.78. The van der Waals surface area contributed by atoms with E-state index in [1.165, 1.54) is 0 Å². The second-order valence-corrected chi connectivity index (χ2v) is 4.15. The first kappa shape index (κ1) is 10.6. The van der Waals surface area contributed by atoms with Gasteiger partial charge in [0.25, 0.3) is 0 Å². The molecule has 3 nitrogen and oxygen atoms in total. The molecule has 0 amide bonds. The van der Waals surface area contributed by atoms with Crippen LogP contribution in [0.4, 0.5) is 17.1 Å². The summed E-state index contributed by atoms with van der Waals surface area (Å²) in [6, 6.07) is 15.8. The summed E-state index contributed by atoms with van der Waals surface area (Å²) >= 11 is 0. The predicted molar refractivity (Wildman–Crippen MR) is 75.9 cm³/mol. The number of nitrogens with one attached hydrogen (secondary N) is 1. The summed E-state index contributed by atoms with van der Waals surface area (Å²) in [6.45, 7) is 0. The lowest BCUT2D eigenvalue weighted by Gasteiger charge is -2.09. The summed E-state index contributed by atoms with van der Waals surface area (Å²) in [5.74, 6) is 0. The molecule has 0 fully saturated rings. The van der Waals surface area contributed by atoms with Crippen molar-refractivity contribution in [2.75, 3.05) is 11.1 Å². The number of nitrogen functional groups attached to an aromatic ring is 1. The van der Waals surface area contributed by atoms with Crippen molar-refractivity contribution in [2.24, 2.45) is 0 Å². The summed E-state index contributed by atoms with van der Waals surface area (Å²) in [7, 11) is 0. The lowest BCUT2D eigenvalue weighted by molar-refractivity contribution is 1.36. The van der Waals surface area contributed by atoms with E-state index in [4.69, 9.17) is 5.73 Å². The Balaban J connectivity index is 2.02. The minimum Gasteiger partial charge on any atom is -0.399 e. The average Bonchev–Trinajstić information content (AvgIpc) is 2.42. The van der Waals surface area contributed by atoms with E-state index in [9.17, 15) is 0 Å². The molecule has 3 N–H and O–H groups in total. The molecule has 0 atom stereocenters. The standard InChI is InChI=1S/C15H13N3/c16-12-4-6-13(7-5-12)18-15-3-1-2-11-10-17-9-8-14(11)15/h1-10,18H,16H2. The summed E-state index contributed by atoms with van der Waals surface area (Å²) in [4.78, 5) is 4.13. The Morgan fingerprint density at radius 1 is 0.944 bits per heavy atom. The van der Waals surface area contributed by atoms with Gasteiger partial charge in [0.1, 0.15) is 0 Å². The van der Waals surface area contributed by atoms with Gasteiger partial charge in [0.05, 0.1) is 0 Å². The van der Waals surface area contributed by atoms with E-state index in [-0.39, 0.29) is 0 Å². The molecule has 0 saturated carbocycles. The number of aromatic nitrogens is 1. The Hall–Kier alpha value is -2.55. The van der Waals surface area contributed by atoms with Gasteiger partial charge in [-0.1, -0.05) is 12.1 Å². The maximum atomic E-state index is 5.67. The highest BCUT2D eigenvalue weighted by atomic mass is 14.9. The van der Waals surface area contributed by atoms with Crippen molar-refractivity contribution < 1.29 is 0 Å².